The fourth-order valence-corrected chi connectivity index (χ4v) is 5.03. The van der Waals surface area contributed by atoms with Gasteiger partial charge in [-0.15, -0.1) is 0 Å². The van der Waals surface area contributed by atoms with E-state index in [1.54, 1.807) is 6.92 Å². The van der Waals surface area contributed by atoms with Crippen molar-refractivity contribution < 1.29 is 13.8 Å². The van der Waals surface area contributed by atoms with E-state index in [2.05, 4.69) is 14.9 Å². The molecule has 0 fully saturated rings. The molecule has 0 aliphatic carbocycles. The van der Waals surface area contributed by atoms with Gasteiger partial charge in [0.05, 0.1) is 25.2 Å². The van der Waals surface area contributed by atoms with Gasteiger partial charge in [0.15, 0.2) is 0 Å². The number of hydrogen-bond acceptors (Lipinski definition) is 3. The molecule has 0 saturated carbocycles. The van der Waals surface area contributed by atoms with Crippen molar-refractivity contribution >= 4 is 79.8 Å². The highest BCUT2D eigenvalue weighted by molar-refractivity contribution is 6.34. The number of rotatable bonds is 4. The average molecular weight is 574 g/mol. The normalized spacial score (nSPS) is 12.7. The van der Waals surface area contributed by atoms with Crippen molar-refractivity contribution in [2.24, 2.45) is 4.99 Å². The Morgan fingerprint density at radius 3 is 1.94 bits per heavy atom. The van der Waals surface area contributed by atoms with Gasteiger partial charge in [0, 0.05) is 38.6 Å². The molecule has 5 nitrogen and oxygen atoms in total. The van der Waals surface area contributed by atoms with Crippen molar-refractivity contribution in [3.8, 4) is 0 Å². The van der Waals surface area contributed by atoms with Crippen LogP contribution in [0.3, 0.4) is 0 Å². The summed E-state index contributed by atoms with van der Waals surface area (Å²) in [6.07, 6.45) is 0. The Hall–Kier alpha value is -1.89. The number of aryl methyl sites for hydroxylation is 2. The summed E-state index contributed by atoms with van der Waals surface area (Å²) in [5, 5.41) is 15.8. The highest BCUT2D eigenvalue weighted by Crippen LogP contribution is 2.32. The van der Waals surface area contributed by atoms with Gasteiger partial charge >= 0.3 is 1.43 Å². The molecule has 1 aliphatic rings. The zero-order chi connectivity index (χ0) is 24.6. The maximum Gasteiger partial charge on any atom is 1.00 e. The molecule has 2 aromatic carbocycles. The topological polar surface area (TPSA) is 58.1 Å². The summed E-state index contributed by atoms with van der Waals surface area (Å²) in [5.74, 6) is 0.990. The van der Waals surface area contributed by atoms with Crippen molar-refractivity contribution in [1.82, 2.24) is 14.5 Å². The first kappa shape index (κ1) is 27.7. The van der Waals surface area contributed by atoms with E-state index in [0.717, 1.165) is 62.0 Å². The molecule has 10 heteroatoms. The molecule has 0 unspecified atom stereocenters. The van der Waals surface area contributed by atoms with Crippen LogP contribution in [-0.2, 0) is 13.1 Å². The van der Waals surface area contributed by atoms with E-state index < -0.39 is 0 Å². The van der Waals surface area contributed by atoms with Gasteiger partial charge in [-0.25, -0.2) is 0 Å². The summed E-state index contributed by atoms with van der Waals surface area (Å²) in [4.78, 5) is 4.41. The third kappa shape index (κ3) is 5.76. The first-order valence-corrected chi connectivity index (χ1v) is 12.4. The van der Waals surface area contributed by atoms with Crippen LogP contribution in [0, 0.1) is 19.3 Å². The van der Waals surface area contributed by atoms with Crippen LogP contribution in [0.1, 0.15) is 19.5 Å². The predicted molar refractivity (Wildman–Crippen MR) is 148 cm³/mol. The molecule has 186 valence electrons. The number of amidine groups is 1. The fourth-order valence-electron chi connectivity index (χ4n) is 4.18. The van der Waals surface area contributed by atoms with E-state index in [-0.39, 0.29) is 13.8 Å². The van der Waals surface area contributed by atoms with Gasteiger partial charge in [-0.3, -0.25) is 4.99 Å². The first-order chi connectivity index (χ1) is 16.2. The smallest absolute Gasteiger partial charge is 1.00 e. The van der Waals surface area contributed by atoms with Gasteiger partial charge < -0.3 is 32.3 Å². The zero-order valence-electron chi connectivity index (χ0n) is 20.5. The maximum absolute atomic E-state index is 7.55. The van der Waals surface area contributed by atoms with E-state index in [1.165, 1.54) is 0 Å². The molecule has 0 saturated heterocycles. The molecule has 1 aliphatic heterocycles. The molecule has 3 heterocycles. The summed E-state index contributed by atoms with van der Waals surface area (Å²) >= 11 is 24.7. The molecular formula is C25H26Cl5N5. The average Bonchev–Trinajstić information content (AvgIpc) is 3.45. The second-order valence-electron chi connectivity index (χ2n) is 8.36. The molecule has 2 aromatic heterocycles. The third-order valence-electron chi connectivity index (χ3n) is 5.85. The summed E-state index contributed by atoms with van der Waals surface area (Å²) in [7, 11) is 0. The van der Waals surface area contributed by atoms with Crippen LogP contribution in [-0.4, -0.2) is 33.8 Å². The highest BCUT2D eigenvalue weighted by Gasteiger charge is 2.16. The molecule has 0 amide bonds. The van der Waals surface area contributed by atoms with E-state index in [4.69, 9.17) is 51.8 Å². The second kappa shape index (κ2) is 11.4. The number of nitrogens with one attached hydrogen (secondary N) is 2. The molecule has 35 heavy (non-hydrogen) atoms. The van der Waals surface area contributed by atoms with Gasteiger partial charge in [-0.05, 0) is 68.3 Å². The Kier molecular flexibility index (Phi) is 9.06. The van der Waals surface area contributed by atoms with Gasteiger partial charge in [-0.1, -0.05) is 46.4 Å². The lowest BCUT2D eigenvalue weighted by Gasteiger charge is -2.07. The molecule has 4 aromatic rings. The summed E-state index contributed by atoms with van der Waals surface area (Å²) in [6.45, 7) is 8.72. The minimum atomic E-state index is 0. The Bertz CT molecular complexity index is 1440. The van der Waals surface area contributed by atoms with Crippen molar-refractivity contribution in [3.63, 3.8) is 0 Å². The fraction of sp³-hybridized carbons (Fsp3) is 0.280. The standard InChI is InChI=1S/C13H13Cl2N3.C12H12Cl2N2.ClH/c1-8-10-6-9(14)2-3-11(10)18(13(8)15)7-12-16-4-5-17-12;1-7(15)6-16-11-4-3-9(13)5-10(11)8(2)12(16)14;/h2-3,6H,4-5,7H2,1H3,(H,16,17);3-5,15H,6H2,1-2H3;1H. The molecule has 0 atom stereocenters. The first-order valence-electron chi connectivity index (χ1n) is 10.9. The van der Waals surface area contributed by atoms with Crippen LogP contribution in [0.2, 0.25) is 20.4 Å². The summed E-state index contributed by atoms with van der Waals surface area (Å²) < 4.78 is 4.00. The number of benzene rings is 2. The largest absolute Gasteiger partial charge is 1.00 e. The minimum Gasteiger partial charge on any atom is -1.00 e. The summed E-state index contributed by atoms with van der Waals surface area (Å²) in [5.41, 5.74) is 4.78. The Labute approximate surface area is 232 Å². The van der Waals surface area contributed by atoms with Crippen molar-refractivity contribution in [2.75, 3.05) is 13.1 Å². The van der Waals surface area contributed by atoms with Crippen LogP contribution in [0.15, 0.2) is 41.4 Å². The number of aromatic nitrogens is 2. The Balaban J connectivity index is 0.000000242. The lowest BCUT2D eigenvalue weighted by atomic mass is 10.2. The van der Waals surface area contributed by atoms with E-state index in [9.17, 15) is 0 Å². The lowest BCUT2D eigenvalue weighted by molar-refractivity contribution is -0.00000702. The van der Waals surface area contributed by atoms with Crippen molar-refractivity contribution in [1.29, 1.82) is 5.41 Å². The zero-order valence-corrected chi connectivity index (χ0v) is 23.3. The van der Waals surface area contributed by atoms with Gasteiger partial charge in [0.2, 0.25) is 0 Å². The number of halogens is 5. The number of nitrogens with zero attached hydrogens (tertiary/aromatic N) is 3. The Morgan fingerprint density at radius 1 is 0.943 bits per heavy atom. The summed E-state index contributed by atoms with van der Waals surface area (Å²) in [6, 6.07) is 11.5. The van der Waals surface area contributed by atoms with Crippen LogP contribution in [0.5, 0.6) is 0 Å². The van der Waals surface area contributed by atoms with Crippen molar-refractivity contribution in [3.05, 3.63) is 67.9 Å². The van der Waals surface area contributed by atoms with E-state index in [0.29, 0.717) is 29.0 Å². The molecule has 0 spiro atoms. The van der Waals surface area contributed by atoms with Gasteiger partial charge in [-0.2, -0.15) is 0 Å². The third-order valence-corrected chi connectivity index (χ3v) is 7.29. The molecule has 2 N–H and O–H groups in total. The number of aliphatic imine (C=N–C) groups is 1. The second-order valence-corrected chi connectivity index (χ2v) is 9.95. The minimum absolute atomic E-state index is 0. The van der Waals surface area contributed by atoms with E-state index >= 15 is 0 Å². The highest BCUT2D eigenvalue weighted by atomic mass is 35.5. The predicted octanol–water partition coefficient (Wildman–Crippen LogP) is 4.67. The van der Waals surface area contributed by atoms with E-state index in [1.807, 2.05) is 54.8 Å². The maximum atomic E-state index is 7.55. The SMILES string of the molecule is CC(=N)Cn1c(Cl)c(C)c2cc(Cl)ccc21.Cc1c(Cl)n(CC2=NCCN2)c2ccc(Cl)cc12.[Cl-].[H+]. The van der Waals surface area contributed by atoms with Crippen molar-refractivity contribution in [2.45, 2.75) is 33.9 Å². The molecule has 0 bridgehead atoms. The van der Waals surface area contributed by atoms with Crippen LogP contribution < -0.4 is 17.7 Å². The molecular weight excluding hydrogens is 548 g/mol. The molecule has 5 rings (SSSR count). The quantitative estimate of drug-likeness (QED) is 0.343. The van der Waals surface area contributed by atoms with Crippen LogP contribution in [0.4, 0.5) is 0 Å². The molecule has 0 radical (unpaired) electrons. The Morgan fingerprint density at radius 2 is 1.46 bits per heavy atom. The number of hydrogen-bond donors (Lipinski definition) is 2. The van der Waals surface area contributed by atoms with Gasteiger partial charge in [0.25, 0.3) is 0 Å². The van der Waals surface area contributed by atoms with Crippen LogP contribution in [0.25, 0.3) is 21.8 Å². The van der Waals surface area contributed by atoms with Crippen LogP contribution >= 0.6 is 46.4 Å². The van der Waals surface area contributed by atoms with Gasteiger partial charge in [0.1, 0.15) is 16.1 Å². The number of fused-ring (bicyclic) bond motifs is 2. The monoisotopic (exact) mass is 571 g/mol. The lowest BCUT2D eigenvalue weighted by Crippen LogP contribution is -3.00.